The van der Waals surface area contributed by atoms with Crippen LogP contribution in [0.15, 0.2) is 0 Å². The third-order valence-corrected chi connectivity index (χ3v) is 3.52. The van der Waals surface area contributed by atoms with Gasteiger partial charge in [-0.15, -0.1) is 0 Å². The predicted molar refractivity (Wildman–Crippen MR) is 33.9 cm³/mol. The SMILES string of the molecule is CO[SiH](C)CS. The van der Waals surface area contributed by atoms with Gasteiger partial charge in [-0.05, 0) is 6.55 Å². The van der Waals surface area contributed by atoms with E-state index in [4.69, 9.17) is 4.43 Å². The van der Waals surface area contributed by atoms with Crippen molar-refractivity contribution in [2.45, 2.75) is 6.55 Å². The van der Waals surface area contributed by atoms with Crippen LogP contribution in [-0.4, -0.2) is 21.5 Å². The summed E-state index contributed by atoms with van der Waals surface area (Å²) in [5, 5.41) is 0.941. The summed E-state index contributed by atoms with van der Waals surface area (Å²) in [6.07, 6.45) is 0. The molecule has 0 aromatic carbocycles. The average molecular weight is 122 g/mol. The summed E-state index contributed by atoms with van der Waals surface area (Å²) >= 11 is 4.03. The smallest absolute Gasteiger partial charge is 0.182 e. The third kappa shape index (κ3) is 2.75. The Morgan fingerprint density at radius 3 is 2.33 bits per heavy atom. The summed E-state index contributed by atoms with van der Waals surface area (Å²) in [6.45, 7) is 2.12. The van der Waals surface area contributed by atoms with E-state index in [1.165, 1.54) is 0 Å². The zero-order valence-electron chi connectivity index (χ0n) is 4.14. The molecule has 0 fully saturated rings. The van der Waals surface area contributed by atoms with Crippen LogP contribution in [0.3, 0.4) is 0 Å². The molecular formula is C3H10OSSi. The molecular weight excluding hydrogens is 112 g/mol. The molecule has 0 aromatic heterocycles. The molecule has 0 N–H and O–H groups in total. The molecule has 1 unspecified atom stereocenters. The van der Waals surface area contributed by atoms with Crippen LogP contribution < -0.4 is 0 Å². The van der Waals surface area contributed by atoms with Gasteiger partial charge in [-0.2, -0.15) is 12.6 Å². The Labute approximate surface area is 45.8 Å². The minimum absolute atomic E-state index is 0.796. The molecule has 0 bridgehead atoms. The zero-order valence-corrected chi connectivity index (χ0v) is 6.19. The molecule has 0 heterocycles. The van der Waals surface area contributed by atoms with Gasteiger partial charge in [-0.1, -0.05) is 0 Å². The molecule has 0 aliphatic carbocycles. The van der Waals surface area contributed by atoms with Crippen LogP contribution in [0.1, 0.15) is 0 Å². The van der Waals surface area contributed by atoms with Crippen LogP contribution >= 0.6 is 12.6 Å². The Kier molecular flexibility index (Phi) is 4.03. The van der Waals surface area contributed by atoms with Gasteiger partial charge >= 0.3 is 0 Å². The molecule has 0 spiro atoms. The highest BCUT2D eigenvalue weighted by Crippen LogP contribution is 1.82. The van der Waals surface area contributed by atoms with Gasteiger partial charge in [-0.25, -0.2) is 0 Å². The summed E-state index contributed by atoms with van der Waals surface area (Å²) in [4.78, 5) is 0. The van der Waals surface area contributed by atoms with Gasteiger partial charge in [0.2, 0.25) is 0 Å². The molecule has 0 aromatic rings. The van der Waals surface area contributed by atoms with E-state index >= 15 is 0 Å². The lowest BCUT2D eigenvalue weighted by Gasteiger charge is -1.98. The first-order valence-electron chi connectivity index (χ1n) is 1.95. The molecule has 0 aliphatic rings. The van der Waals surface area contributed by atoms with Crippen molar-refractivity contribution in [1.82, 2.24) is 0 Å². The molecule has 0 amide bonds. The van der Waals surface area contributed by atoms with Crippen LogP contribution in [-0.2, 0) is 4.43 Å². The second-order valence-electron chi connectivity index (χ2n) is 1.23. The first-order chi connectivity index (χ1) is 2.81. The fraction of sp³-hybridized carbons (Fsp3) is 1.00. The Hall–Kier alpha value is 0.527. The van der Waals surface area contributed by atoms with Crippen molar-refractivity contribution in [3.63, 3.8) is 0 Å². The minimum atomic E-state index is -0.796. The predicted octanol–water partition coefficient (Wildman–Crippen LogP) is 0.455. The molecule has 0 aliphatic heterocycles. The highest BCUT2D eigenvalue weighted by atomic mass is 32.1. The van der Waals surface area contributed by atoms with Gasteiger partial charge in [0.15, 0.2) is 9.04 Å². The fourth-order valence-electron chi connectivity index (χ4n) is 0.0745. The Bertz CT molecular complexity index is 30.0. The van der Waals surface area contributed by atoms with Crippen molar-refractivity contribution in [1.29, 1.82) is 0 Å². The minimum Gasteiger partial charge on any atom is -0.423 e. The van der Waals surface area contributed by atoms with Gasteiger partial charge in [0.25, 0.3) is 0 Å². The fourth-order valence-corrected chi connectivity index (χ4v) is 0.671. The molecule has 3 heteroatoms. The van der Waals surface area contributed by atoms with E-state index in [9.17, 15) is 0 Å². The van der Waals surface area contributed by atoms with Crippen LogP contribution in [0.2, 0.25) is 6.55 Å². The normalized spacial score (nSPS) is 14.5. The second kappa shape index (κ2) is 3.71. The summed E-state index contributed by atoms with van der Waals surface area (Å²) in [6, 6.07) is 0. The lowest BCUT2D eigenvalue weighted by atomic mass is 11.8. The van der Waals surface area contributed by atoms with Crippen molar-refractivity contribution in [3.8, 4) is 0 Å². The van der Waals surface area contributed by atoms with Gasteiger partial charge in [0.05, 0.1) is 0 Å². The Morgan fingerprint density at radius 1 is 1.83 bits per heavy atom. The number of hydrogen-bond donors (Lipinski definition) is 1. The van der Waals surface area contributed by atoms with Crippen molar-refractivity contribution in [3.05, 3.63) is 0 Å². The molecule has 38 valence electrons. The largest absolute Gasteiger partial charge is 0.423 e. The molecule has 1 nitrogen and oxygen atoms in total. The Balaban J connectivity index is 2.75. The van der Waals surface area contributed by atoms with Crippen molar-refractivity contribution >= 4 is 21.7 Å². The molecule has 0 rings (SSSR count). The van der Waals surface area contributed by atoms with E-state index in [-0.39, 0.29) is 0 Å². The standard InChI is InChI=1S/C3H10OSSi/c1-4-6(2)3-5/h5-6H,3H2,1-2H3. The third-order valence-electron chi connectivity index (χ3n) is 0.659. The summed E-state index contributed by atoms with van der Waals surface area (Å²) in [7, 11) is 0.947. The maximum Gasteiger partial charge on any atom is 0.182 e. The summed E-state index contributed by atoms with van der Waals surface area (Å²) < 4.78 is 4.96. The van der Waals surface area contributed by atoms with Crippen LogP contribution in [0.25, 0.3) is 0 Å². The van der Waals surface area contributed by atoms with E-state index in [1.54, 1.807) is 7.11 Å². The van der Waals surface area contributed by atoms with E-state index in [0.29, 0.717) is 0 Å². The van der Waals surface area contributed by atoms with E-state index in [1.807, 2.05) is 0 Å². The van der Waals surface area contributed by atoms with Gasteiger partial charge in [-0.3, -0.25) is 0 Å². The molecule has 6 heavy (non-hydrogen) atoms. The maximum atomic E-state index is 4.96. The topological polar surface area (TPSA) is 9.23 Å². The van der Waals surface area contributed by atoms with Gasteiger partial charge in [0.1, 0.15) is 0 Å². The molecule has 1 atom stereocenters. The van der Waals surface area contributed by atoms with Crippen LogP contribution in [0.5, 0.6) is 0 Å². The van der Waals surface area contributed by atoms with E-state index in [0.717, 1.165) is 5.38 Å². The molecule has 0 saturated carbocycles. The maximum absolute atomic E-state index is 4.96. The lowest BCUT2D eigenvalue weighted by Crippen LogP contribution is -2.11. The van der Waals surface area contributed by atoms with Crippen molar-refractivity contribution in [2.24, 2.45) is 0 Å². The molecule has 0 radical (unpaired) electrons. The van der Waals surface area contributed by atoms with Crippen LogP contribution in [0, 0.1) is 0 Å². The second-order valence-corrected chi connectivity index (χ2v) is 4.78. The highest BCUT2D eigenvalue weighted by Gasteiger charge is 1.93. The van der Waals surface area contributed by atoms with Gasteiger partial charge in [0, 0.05) is 12.5 Å². The lowest BCUT2D eigenvalue weighted by molar-refractivity contribution is 0.429. The average Bonchev–Trinajstić information content (AvgIpc) is 1.65. The molecule has 0 saturated heterocycles. The Morgan fingerprint density at radius 2 is 2.33 bits per heavy atom. The monoisotopic (exact) mass is 122 g/mol. The van der Waals surface area contributed by atoms with E-state index < -0.39 is 9.04 Å². The first-order valence-corrected chi connectivity index (χ1v) is 5.02. The van der Waals surface area contributed by atoms with Gasteiger partial charge < -0.3 is 4.43 Å². The number of hydrogen-bond acceptors (Lipinski definition) is 2. The van der Waals surface area contributed by atoms with Crippen LogP contribution in [0.4, 0.5) is 0 Å². The quantitative estimate of drug-likeness (QED) is 0.413. The highest BCUT2D eigenvalue weighted by molar-refractivity contribution is 7.81. The summed E-state index contributed by atoms with van der Waals surface area (Å²) in [5.74, 6) is 0. The van der Waals surface area contributed by atoms with Crippen molar-refractivity contribution in [2.75, 3.05) is 12.5 Å². The number of rotatable bonds is 2. The first kappa shape index (κ1) is 6.53. The zero-order chi connectivity index (χ0) is 4.99. The summed E-state index contributed by atoms with van der Waals surface area (Å²) in [5.41, 5.74) is 0. The number of thiol groups is 1. The van der Waals surface area contributed by atoms with Crippen molar-refractivity contribution < 1.29 is 4.43 Å². The van der Waals surface area contributed by atoms with E-state index in [2.05, 4.69) is 19.2 Å².